The van der Waals surface area contributed by atoms with Crippen LogP contribution in [0.3, 0.4) is 0 Å². The van der Waals surface area contributed by atoms with Crippen LogP contribution in [0.4, 0.5) is 0 Å². The molecule has 13 atom stereocenters. The lowest BCUT2D eigenvalue weighted by Gasteiger charge is -2.29. The topological polar surface area (TPSA) is 649 Å². The van der Waals surface area contributed by atoms with Gasteiger partial charge in [0.2, 0.25) is 59.1 Å². The minimum atomic E-state index is -1.85. The molecule has 0 aromatic heterocycles. The lowest BCUT2D eigenvalue weighted by atomic mass is 10.0. The molecule has 92 heavy (non-hydrogen) atoms. The van der Waals surface area contributed by atoms with Crippen molar-refractivity contribution >= 4 is 77.0 Å². The summed E-state index contributed by atoms with van der Waals surface area (Å²) in [5.74, 6) is -10.9. The number of hydrogen-bond donors (Lipinski definition) is 25. The van der Waals surface area contributed by atoms with Gasteiger partial charge in [0.25, 0.3) is 0 Å². The Bertz CT molecular complexity index is 2320. The maximum atomic E-state index is 14.1. The van der Waals surface area contributed by atoms with Crippen LogP contribution in [0, 0.1) is 10.8 Å². The highest BCUT2D eigenvalue weighted by Crippen LogP contribution is 2.11. The van der Waals surface area contributed by atoms with E-state index in [2.05, 4.69) is 63.8 Å². The van der Waals surface area contributed by atoms with Gasteiger partial charge in [0, 0.05) is 13.1 Å². The van der Waals surface area contributed by atoms with Crippen LogP contribution in [-0.2, 0) is 52.7 Å². The number of guanidine groups is 2. The van der Waals surface area contributed by atoms with E-state index in [0.29, 0.717) is 64.3 Å². The maximum Gasteiger partial charge on any atom is 0.326 e. The normalized spacial score (nSPS) is 15.3. The van der Waals surface area contributed by atoms with E-state index in [9.17, 15) is 68.1 Å². The Morgan fingerprint density at radius 2 is 0.587 bits per heavy atom. The van der Waals surface area contributed by atoms with Crippen LogP contribution in [0.25, 0.3) is 0 Å². The van der Waals surface area contributed by atoms with Gasteiger partial charge in [0.1, 0.15) is 60.4 Å². The van der Waals surface area contributed by atoms with E-state index in [4.69, 9.17) is 56.7 Å². The van der Waals surface area contributed by atoms with Crippen LogP contribution in [0.2, 0.25) is 0 Å². The summed E-state index contributed by atoms with van der Waals surface area (Å²) in [4.78, 5) is 150. The minimum absolute atomic E-state index is 0.0109. The molecule has 36 heteroatoms. The molecule has 0 aromatic carbocycles. The average Bonchev–Trinajstić information content (AvgIpc) is 2.10. The third-order valence-corrected chi connectivity index (χ3v) is 14.5. The molecule has 0 aliphatic heterocycles. The monoisotopic (exact) mass is 1310 g/mol. The standard InChI is InChI=1S/C56H110N22O14/c1-31(70-48(85)40(22-15-29-67-55(63)64)73-46(83)35(62)17-5-10-24-57)44(81)71-36(18-6-11-25-58)47(84)69-32(2)45(82)72-39(21-9-14-28-61)51(88)77-43(34(4)80)53(90)78-42(33(3)79)52(89)75-38(20-8-13-27-60)49(86)74-37(19-7-12-26-59)50(87)76-41(54(91)92)23-16-30-68-56(65)66/h31-43,79-80H,5-30,57-62H2,1-4H3,(H,69,84)(H,70,85)(H,71,81)(H,72,82)(H,73,83)(H,74,86)(H,75,89)(H,76,87)(H,77,88)(H,78,90)(H,91,92)(H4,63,64,67)(H4,65,66,68). The van der Waals surface area contributed by atoms with Crippen LogP contribution in [0.15, 0.2) is 0 Å². The fourth-order valence-corrected chi connectivity index (χ4v) is 9.02. The number of carboxylic acid groups (broad SMARTS) is 1. The summed E-state index contributed by atoms with van der Waals surface area (Å²) in [6.45, 7) is 6.53. The second-order valence-corrected chi connectivity index (χ2v) is 22.6. The van der Waals surface area contributed by atoms with Crippen molar-refractivity contribution in [1.82, 2.24) is 63.8 Å². The Kier molecular flexibility index (Phi) is 44.2. The largest absolute Gasteiger partial charge is 0.480 e. The van der Waals surface area contributed by atoms with Crippen LogP contribution < -0.4 is 110 Å². The summed E-state index contributed by atoms with van der Waals surface area (Å²) in [5, 5.41) is 76.5. The molecule has 0 saturated carbocycles. The zero-order valence-electron chi connectivity index (χ0n) is 53.8. The highest BCUT2D eigenvalue weighted by Gasteiger charge is 2.37. The summed E-state index contributed by atoms with van der Waals surface area (Å²) in [5.41, 5.74) is 45.1. The molecule has 0 saturated heterocycles. The summed E-state index contributed by atoms with van der Waals surface area (Å²) in [6, 6.07) is -15.3. The van der Waals surface area contributed by atoms with Gasteiger partial charge in [-0.2, -0.15) is 0 Å². The highest BCUT2D eigenvalue weighted by molar-refractivity contribution is 5.99. The number of rotatable bonds is 51. The number of aliphatic hydroxyl groups excluding tert-OH is 2. The Morgan fingerprint density at radius 3 is 0.913 bits per heavy atom. The average molecular weight is 1320 g/mol. The molecule has 0 fully saturated rings. The number of unbranched alkanes of at least 4 members (excludes halogenated alkanes) is 5. The van der Waals surface area contributed by atoms with Crippen molar-refractivity contribution in [3.05, 3.63) is 0 Å². The number of amides is 10. The maximum absolute atomic E-state index is 14.1. The van der Waals surface area contributed by atoms with Crippen LogP contribution in [0.1, 0.15) is 150 Å². The number of nitrogens with one attached hydrogen (secondary N) is 14. The van der Waals surface area contributed by atoms with Gasteiger partial charge in [-0.15, -0.1) is 0 Å². The van der Waals surface area contributed by atoms with E-state index < -0.39 is 144 Å². The predicted molar refractivity (Wildman–Crippen MR) is 342 cm³/mol. The smallest absolute Gasteiger partial charge is 0.326 e. The van der Waals surface area contributed by atoms with Crippen molar-refractivity contribution in [2.75, 3.05) is 45.8 Å². The van der Waals surface area contributed by atoms with E-state index in [0.717, 1.165) is 13.8 Å². The van der Waals surface area contributed by atoms with Gasteiger partial charge in [-0.1, -0.05) is 6.42 Å². The number of hydrogen-bond acceptors (Lipinski definition) is 21. The highest BCUT2D eigenvalue weighted by atomic mass is 16.4. The zero-order valence-corrected chi connectivity index (χ0v) is 53.8. The van der Waals surface area contributed by atoms with Gasteiger partial charge >= 0.3 is 5.97 Å². The predicted octanol–water partition coefficient (Wildman–Crippen LogP) is -7.78. The fraction of sp³-hybridized carbons (Fsp3) is 0.768. The van der Waals surface area contributed by atoms with Crippen molar-refractivity contribution in [1.29, 1.82) is 10.8 Å². The van der Waals surface area contributed by atoms with E-state index in [1.807, 2.05) is 0 Å². The molecule has 0 heterocycles. The van der Waals surface area contributed by atoms with E-state index in [1.165, 1.54) is 13.8 Å². The summed E-state index contributed by atoms with van der Waals surface area (Å²) in [6.07, 6.45) is 1.32. The molecule has 0 aromatic rings. The van der Waals surface area contributed by atoms with Crippen molar-refractivity contribution in [2.24, 2.45) is 45.9 Å². The van der Waals surface area contributed by atoms with Gasteiger partial charge in [0.15, 0.2) is 11.9 Å². The Morgan fingerprint density at radius 1 is 0.337 bits per heavy atom. The number of nitrogens with two attached hydrogens (primary N) is 8. The number of aliphatic hydroxyl groups is 2. The number of carbonyl (C=O) groups excluding carboxylic acids is 10. The van der Waals surface area contributed by atoms with Crippen LogP contribution in [-0.4, -0.2) is 217 Å². The summed E-state index contributed by atoms with van der Waals surface area (Å²) < 4.78 is 0. The quantitative estimate of drug-likeness (QED) is 0.0153. The van der Waals surface area contributed by atoms with E-state index >= 15 is 0 Å². The molecule has 33 N–H and O–H groups in total. The molecule has 36 nitrogen and oxygen atoms in total. The van der Waals surface area contributed by atoms with Crippen molar-refractivity contribution < 1.29 is 68.1 Å². The first-order valence-electron chi connectivity index (χ1n) is 31.5. The molecule has 0 rings (SSSR count). The first-order valence-corrected chi connectivity index (χ1v) is 31.5. The van der Waals surface area contributed by atoms with Crippen LogP contribution >= 0.6 is 0 Å². The number of carboxylic acids is 1. The molecule has 0 bridgehead atoms. The molecule has 0 aliphatic carbocycles. The second kappa shape index (κ2) is 48.2. The van der Waals surface area contributed by atoms with Crippen molar-refractivity contribution in [2.45, 2.75) is 228 Å². The van der Waals surface area contributed by atoms with E-state index in [1.54, 1.807) is 0 Å². The molecule has 0 radical (unpaired) electrons. The molecule has 528 valence electrons. The SMILES string of the molecule is CC(NC(=O)C(CCCNC(=N)N)NC(=O)C(N)CCCCN)C(=O)NC(CCCCN)C(=O)NC(C)C(=O)NC(CCCCN)C(=O)NC(C(=O)NC(C(=O)NC(CCCCN)C(=O)NC(CCCCN)C(=O)NC(CCCNC(=N)N)C(=O)O)C(C)O)C(C)O. The first-order chi connectivity index (χ1) is 43.5. The molecular weight excluding hydrogens is 1200 g/mol. The van der Waals surface area contributed by atoms with Gasteiger partial charge in [0.05, 0.1) is 18.2 Å². The Balaban J connectivity index is 6.51. The third kappa shape index (κ3) is 35.8. The number of carbonyl (C=O) groups is 11. The third-order valence-electron chi connectivity index (χ3n) is 14.5. The zero-order chi connectivity index (χ0) is 69.9. The van der Waals surface area contributed by atoms with Crippen molar-refractivity contribution in [3.63, 3.8) is 0 Å². The van der Waals surface area contributed by atoms with Crippen LogP contribution in [0.5, 0.6) is 0 Å². The minimum Gasteiger partial charge on any atom is -0.480 e. The van der Waals surface area contributed by atoms with E-state index in [-0.39, 0.29) is 115 Å². The second-order valence-electron chi connectivity index (χ2n) is 22.6. The first kappa shape index (κ1) is 84.4. The molecule has 0 aliphatic rings. The molecule has 13 unspecified atom stereocenters. The molecule has 0 spiro atoms. The Hall–Kier alpha value is -7.61. The Labute approximate surface area is 538 Å². The molecular formula is C56H110N22O14. The molecule has 10 amide bonds. The van der Waals surface area contributed by atoms with Gasteiger partial charge in [-0.25, -0.2) is 4.79 Å². The van der Waals surface area contributed by atoms with Gasteiger partial charge < -0.3 is 125 Å². The summed E-state index contributed by atoms with van der Waals surface area (Å²) in [7, 11) is 0. The van der Waals surface area contributed by atoms with Crippen molar-refractivity contribution in [3.8, 4) is 0 Å². The number of aliphatic carboxylic acids is 1. The van der Waals surface area contributed by atoms with Gasteiger partial charge in [-0.05, 0) is 176 Å². The lowest BCUT2D eigenvalue weighted by molar-refractivity contribution is -0.142. The van der Waals surface area contributed by atoms with Gasteiger partial charge in [-0.3, -0.25) is 58.8 Å². The summed E-state index contributed by atoms with van der Waals surface area (Å²) >= 11 is 0. The fourth-order valence-electron chi connectivity index (χ4n) is 9.02. The lowest BCUT2D eigenvalue weighted by Crippen LogP contribution is -2.63.